The lowest BCUT2D eigenvalue weighted by Gasteiger charge is -2.06. The van der Waals surface area contributed by atoms with Gasteiger partial charge in [0, 0.05) is 5.69 Å². The average molecular weight is 323 g/mol. The minimum absolute atomic E-state index is 0.581. The Balaban J connectivity index is 1.89. The van der Waals surface area contributed by atoms with Crippen LogP contribution >= 0.6 is 0 Å². The maximum Gasteiger partial charge on any atom is 0.329 e. The molecule has 5 nitrogen and oxygen atoms in total. The summed E-state index contributed by atoms with van der Waals surface area (Å²) in [5.74, 6) is -1.56. The summed E-state index contributed by atoms with van der Waals surface area (Å²) >= 11 is 0. The summed E-state index contributed by atoms with van der Waals surface area (Å²) in [6.07, 6.45) is 2.47. The summed E-state index contributed by atoms with van der Waals surface area (Å²) in [7, 11) is 0. The fraction of sp³-hybridized carbons (Fsp3) is 0.211. The van der Waals surface area contributed by atoms with Crippen LogP contribution in [0.5, 0.6) is 0 Å². The van der Waals surface area contributed by atoms with E-state index in [1.807, 2.05) is 50.2 Å². The number of amides is 2. The molecule has 2 amide bonds. The van der Waals surface area contributed by atoms with Crippen LogP contribution < -0.4 is 10.7 Å². The zero-order valence-electron chi connectivity index (χ0n) is 14.1. The van der Waals surface area contributed by atoms with Gasteiger partial charge in [-0.3, -0.25) is 9.59 Å². The van der Waals surface area contributed by atoms with E-state index in [2.05, 4.69) is 22.8 Å². The molecule has 2 rings (SSSR count). The van der Waals surface area contributed by atoms with Crippen molar-refractivity contribution in [3.8, 4) is 0 Å². The molecule has 0 bridgehead atoms. The number of hydrogen-bond acceptors (Lipinski definition) is 3. The smallest absolute Gasteiger partial charge is 0.318 e. The van der Waals surface area contributed by atoms with Gasteiger partial charge in [0.15, 0.2) is 0 Å². The van der Waals surface area contributed by atoms with E-state index in [0.29, 0.717) is 5.69 Å². The Kier molecular flexibility index (Phi) is 5.84. The molecule has 0 unspecified atom stereocenters. The largest absolute Gasteiger partial charge is 0.329 e. The topological polar surface area (TPSA) is 70.6 Å². The van der Waals surface area contributed by atoms with E-state index in [9.17, 15) is 9.59 Å². The standard InChI is InChI=1S/C19H21N3O2/c1-4-15-6-8-16(9-7-15)12-20-22-19(24)18(23)21-17-10-5-13(2)14(3)11-17/h5-12H,4H2,1-3H3,(H,21,23)(H,22,24)/b20-12-. The minimum atomic E-state index is -0.811. The third-order valence-electron chi connectivity index (χ3n) is 3.74. The van der Waals surface area contributed by atoms with Crippen molar-refractivity contribution in [2.24, 2.45) is 5.10 Å². The van der Waals surface area contributed by atoms with Gasteiger partial charge in [0.2, 0.25) is 0 Å². The van der Waals surface area contributed by atoms with E-state index >= 15 is 0 Å². The third-order valence-corrected chi connectivity index (χ3v) is 3.74. The van der Waals surface area contributed by atoms with Gasteiger partial charge >= 0.3 is 11.8 Å². The number of carbonyl (C=O) groups excluding carboxylic acids is 2. The molecule has 124 valence electrons. The zero-order valence-corrected chi connectivity index (χ0v) is 14.1. The van der Waals surface area contributed by atoms with Gasteiger partial charge in [0.25, 0.3) is 0 Å². The molecule has 0 saturated carbocycles. The van der Waals surface area contributed by atoms with Gasteiger partial charge in [-0.05, 0) is 54.7 Å². The molecule has 2 aromatic carbocycles. The van der Waals surface area contributed by atoms with E-state index in [0.717, 1.165) is 23.1 Å². The number of anilines is 1. The summed E-state index contributed by atoms with van der Waals surface area (Å²) < 4.78 is 0. The second-order valence-corrected chi connectivity index (χ2v) is 5.55. The molecule has 0 heterocycles. The highest BCUT2D eigenvalue weighted by molar-refractivity contribution is 6.39. The molecule has 2 N–H and O–H groups in total. The summed E-state index contributed by atoms with van der Waals surface area (Å²) in [6.45, 7) is 6.01. The van der Waals surface area contributed by atoms with Crippen LogP contribution in [0.2, 0.25) is 0 Å². The Bertz CT molecular complexity index is 765. The summed E-state index contributed by atoms with van der Waals surface area (Å²) in [6, 6.07) is 13.3. The predicted octanol–water partition coefficient (Wildman–Crippen LogP) is 2.95. The lowest BCUT2D eigenvalue weighted by Crippen LogP contribution is -2.32. The van der Waals surface area contributed by atoms with Crippen LogP contribution in [0.4, 0.5) is 5.69 Å². The molecular formula is C19H21N3O2. The Labute approximate surface area is 141 Å². The molecule has 0 aliphatic rings. The van der Waals surface area contributed by atoms with E-state index in [1.165, 1.54) is 11.8 Å². The summed E-state index contributed by atoms with van der Waals surface area (Å²) in [5, 5.41) is 6.35. The molecule has 0 aliphatic heterocycles. The molecule has 2 aromatic rings. The van der Waals surface area contributed by atoms with Crippen LogP contribution in [0, 0.1) is 13.8 Å². The highest BCUT2D eigenvalue weighted by atomic mass is 16.2. The first-order valence-electron chi connectivity index (χ1n) is 7.80. The van der Waals surface area contributed by atoms with Gasteiger partial charge in [0.05, 0.1) is 6.21 Å². The number of carbonyl (C=O) groups is 2. The van der Waals surface area contributed by atoms with Crippen molar-refractivity contribution in [2.75, 3.05) is 5.32 Å². The monoisotopic (exact) mass is 323 g/mol. The van der Waals surface area contributed by atoms with Crippen molar-refractivity contribution in [1.82, 2.24) is 5.43 Å². The lowest BCUT2D eigenvalue weighted by molar-refractivity contribution is -0.136. The Hall–Kier alpha value is -2.95. The van der Waals surface area contributed by atoms with Crippen LogP contribution in [0.25, 0.3) is 0 Å². The Morgan fingerprint density at radius 2 is 1.71 bits per heavy atom. The molecule has 24 heavy (non-hydrogen) atoms. The molecule has 5 heteroatoms. The van der Waals surface area contributed by atoms with Crippen LogP contribution in [0.1, 0.15) is 29.2 Å². The molecule has 0 spiro atoms. The van der Waals surface area contributed by atoms with Gasteiger partial charge < -0.3 is 5.32 Å². The second-order valence-electron chi connectivity index (χ2n) is 5.55. The van der Waals surface area contributed by atoms with Crippen LogP contribution in [-0.2, 0) is 16.0 Å². The summed E-state index contributed by atoms with van der Waals surface area (Å²) in [5.41, 5.74) is 7.04. The molecular weight excluding hydrogens is 302 g/mol. The third kappa shape index (κ3) is 4.78. The van der Waals surface area contributed by atoms with Crippen molar-refractivity contribution in [1.29, 1.82) is 0 Å². The normalized spacial score (nSPS) is 10.6. The fourth-order valence-electron chi connectivity index (χ4n) is 2.06. The number of hydrazone groups is 1. The van der Waals surface area contributed by atoms with Crippen molar-refractivity contribution in [3.63, 3.8) is 0 Å². The minimum Gasteiger partial charge on any atom is -0.318 e. The Morgan fingerprint density at radius 3 is 2.33 bits per heavy atom. The van der Waals surface area contributed by atoms with Crippen LogP contribution in [0.15, 0.2) is 47.6 Å². The van der Waals surface area contributed by atoms with Gasteiger partial charge in [-0.15, -0.1) is 0 Å². The number of rotatable bonds is 4. The van der Waals surface area contributed by atoms with Crippen LogP contribution in [-0.4, -0.2) is 18.0 Å². The lowest BCUT2D eigenvalue weighted by atomic mass is 10.1. The number of nitrogens with one attached hydrogen (secondary N) is 2. The van der Waals surface area contributed by atoms with Gasteiger partial charge in [-0.25, -0.2) is 5.43 Å². The van der Waals surface area contributed by atoms with E-state index in [-0.39, 0.29) is 0 Å². The number of nitrogens with zero attached hydrogens (tertiary/aromatic N) is 1. The predicted molar refractivity (Wildman–Crippen MR) is 96.1 cm³/mol. The molecule has 0 fully saturated rings. The molecule has 0 radical (unpaired) electrons. The van der Waals surface area contributed by atoms with Crippen molar-refractivity contribution < 1.29 is 9.59 Å². The van der Waals surface area contributed by atoms with Crippen LogP contribution in [0.3, 0.4) is 0 Å². The van der Waals surface area contributed by atoms with Crippen molar-refractivity contribution >= 4 is 23.7 Å². The quantitative estimate of drug-likeness (QED) is 0.516. The maximum absolute atomic E-state index is 11.8. The maximum atomic E-state index is 11.8. The van der Waals surface area contributed by atoms with E-state index in [1.54, 1.807) is 6.07 Å². The number of aryl methyl sites for hydroxylation is 3. The first-order valence-corrected chi connectivity index (χ1v) is 7.80. The van der Waals surface area contributed by atoms with Gasteiger partial charge in [0.1, 0.15) is 0 Å². The highest BCUT2D eigenvalue weighted by Gasteiger charge is 2.12. The highest BCUT2D eigenvalue weighted by Crippen LogP contribution is 2.13. The molecule has 0 atom stereocenters. The van der Waals surface area contributed by atoms with E-state index in [4.69, 9.17) is 0 Å². The molecule has 0 aliphatic carbocycles. The zero-order chi connectivity index (χ0) is 17.5. The number of benzene rings is 2. The van der Waals surface area contributed by atoms with Crippen molar-refractivity contribution in [2.45, 2.75) is 27.2 Å². The molecule has 0 aromatic heterocycles. The summed E-state index contributed by atoms with van der Waals surface area (Å²) in [4.78, 5) is 23.6. The van der Waals surface area contributed by atoms with Crippen molar-refractivity contribution in [3.05, 3.63) is 64.7 Å². The average Bonchev–Trinajstić information content (AvgIpc) is 2.58. The first kappa shape index (κ1) is 17.4. The number of hydrogen-bond donors (Lipinski definition) is 2. The first-order chi connectivity index (χ1) is 11.5. The van der Waals surface area contributed by atoms with Gasteiger partial charge in [-0.1, -0.05) is 37.3 Å². The van der Waals surface area contributed by atoms with E-state index < -0.39 is 11.8 Å². The Morgan fingerprint density at radius 1 is 1.00 bits per heavy atom. The molecule has 0 saturated heterocycles. The second kappa shape index (κ2) is 8.06. The van der Waals surface area contributed by atoms with Gasteiger partial charge in [-0.2, -0.15) is 5.10 Å². The fourth-order valence-corrected chi connectivity index (χ4v) is 2.06. The SMILES string of the molecule is CCc1ccc(/C=N\NC(=O)C(=O)Nc2ccc(C)c(C)c2)cc1.